The molecule has 0 aliphatic carbocycles. The van der Waals surface area contributed by atoms with Gasteiger partial charge in [0.25, 0.3) is 0 Å². The third kappa shape index (κ3) is 2.96. The minimum absolute atomic E-state index is 0.0770. The molecule has 0 saturated carbocycles. The van der Waals surface area contributed by atoms with E-state index in [1.807, 2.05) is 0 Å². The zero-order valence-corrected chi connectivity index (χ0v) is 14.0. The van der Waals surface area contributed by atoms with Crippen LogP contribution >= 0.6 is 0 Å². The van der Waals surface area contributed by atoms with Gasteiger partial charge in [-0.2, -0.15) is 0 Å². The average Bonchev–Trinajstić information content (AvgIpc) is 2.47. The van der Waals surface area contributed by atoms with Crippen molar-refractivity contribution in [3.63, 3.8) is 0 Å². The van der Waals surface area contributed by atoms with E-state index in [1.54, 1.807) is 0 Å². The highest BCUT2D eigenvalue weighted by Crippen LogP contribution is 2.38. The topological polar surface area (TPSA) is 18.5 Å². The predicted octanol–water partition coefficient (Wildman–Crippen LogP) is 3.23. The number of benzene rings is 1. The third-order valence-electron chi connectivity index (χ3n) is 4.53. The molecule has 0 radical (unpaired) electrons. The van der Waals surface area contributed by atoms with Crippen molar-refractivity contribution in [2.45, 2.75) is 57.9 Å². The van der Waals surface area contributed by atoms with E-state index in [0.717, 1.165) is 5.94 Å². The summed E-state index contributed by atoms with van der Waals surface area (Å²) in [7, 11) is -1.60. The summed E-state index contributed by atoms with van der Waals surface area (Å²) >= 11 is 0. The van der Waals surface area contributed by atoms with Gasteiger partial charge >= 0.3 is 7.12 Å². The van der Waals surface area contributed by atoms with Crippen LogP contribution in [0.5, 0.6) is 0 Å². The Labute approximate surface area is 118 Å². The smallest absolute Gasteiger partial charge is 0.403 e. The molecule has 0 N–H and O–H groups in total. The van der Waals surface area contributed by atoms with E-state index in [4.69, 9.17) is 9.31 Å². The second-order valence-corrected chi connectivity index (χ2v) is 11.9. The Balaban J connectivity index is 2.11. The molecule has 104 valence electrons. The molecule has 1 aliphatic rings. The SMILES string of the molecule is CC1(C)OB(C[Si](C)(C)c2ccccc2)OC1(C)C. The molecular formula is C15H25BO2Si. The van der Waals surface area contributed by atoms with Crippen molar-refractivity contribution in [1.29, 1.82) is 0 Å². The standard InChI is InChI=1S/C15H25BO2Si/c1-14(2)15(3,4)18-16(17-14)12-19(5,6)13-10-8-7-9-11-13/h7-11H,12H2,1-6H3. The minimum Gasteiger partial charge on any atom is -0.403 e. The lowest BCUT2D eigenvalue weighted by molar-refractivity contribution is 0.00578. The Hall–Kier alpha value is -0.578. The molecule has 0 bridgehead atoms. The van der Waals surface area contributed by atoms with Gasteiger partial charge in [0, 0.05) is 0 Å². The Kier molecular flexibility index (Phi) is 3.71. The molecule has 2 rings (SSSR count). The van der Waals surface area contributed by atoms with Crippen molar-refractivity contribution in [3.8, 4) is 0 Å². The first-order valence-corrected chi connectivity index (χ1v) is 10.3. The molecule has 0 aromatic heterocycles. The molecule has 0 atom stereocenters. The predicted molar refractivity (Wildman–Crippen MR) is 84.4 cm³/mol. The Morgan fingerprint density at radius 3 is 1.89 bits per heavy atom. The molecule has 0 unspecified atom stereocenters. The second-order valence-electron chi connectivity index (χ2n) is 7.14. The van der Waals surface area contributed by atoms with Gasteiger partial charge in [-0.1, -0.05) is 48.6 Å². The fourth-order valence-electron chi connectivity index (χ4n) is 2.47. The van der Waals surface area contributed by atoms with Crippen molar-refractivity contribution in [2.75, 3.05) is 0 Å². The normalized spacial score (nSPS) is 21.7. The fraction of sp³-hybridized carbons (Fsp3) is 0.600. The van der Waals surface area contributed by atoms with Crippen LogP contribution in [0.25, 0.3) is 0 Å². The van der Waals surface area contributed by atoms with Crippen LogP contribution in [0.2, 0.25) is 19.0 Å². The highest BCUT2D eigenvalue weighted by Gasteiger charge is 2.52. The lowest BCUT2D eigenvalue weighted by Crippen LogP contribution is -2.46. The van der Waals surface area contributed by atoms with E-state index < -0.39 is 8.07 Å². The molecule has 1 heterocycles. The van der Waals surface area contributed by atoms with Gasteiger partial charge in [0.2, 0.25) is 0 Å². The quantitative estimate of drug-likeness (QED) is 0.789. The first kappa shape index (κ1) is 14.8. The average molecular weight is 276 g/mol. The van der Waals surface area contributed by atoms with Crippen LogP contribution in [0.3, 0.4) is 0 Å². The molecule has 1 fully saturated rings. The molecule has 1 saturated heterocycles. The second kappa shape index (κ2) is 4.76. The summed E-state index contributed by atoms with van der Waals surface area (Å²) in [5.74, 6) is 1.00. The molecule has 1 aromatic rings. The van der Waals surface area contributed by atoms with Crippen LogP contribution in [-0.2, 0) is 9.31 Å². The van der Waals surface area contributed by atoms with Crippen LogP contribution < -0.4 is 5.19 Å². The van der Waals surface area contributed by atoms with Crippen LogP contribution in [0.15, 0.2) is 30.3 Å². The number of rotatable bonds is 3. The molecule has 19 heavy (non-hydrogen) atoms. The lowest BCUT2D eigenvalue weighted by Gasteiger charge is -2.32. The summed E-state index contributed by atoms with van der Waals surface area (Å²) in [5, 5.41) is 1.46. The van der Waals surface area contributed by atoms with Gasteiger partial charge in [-0.3, -0.25) is 0 Å². The summed E-state index contributed by atoms with van der Waals surface area (Å²) in [6.45, 7) is 13.2. The van der Waals surface area contributed by atoms with Crippen LogP contribution in [-0.4, -0.2) is 26.4 Å². The summed E-state index contributed by atoms with van der Waals surface area (Å²) < 4.78 is 12.3. The minimum atomic E-state index is -1.52. The zero-order chi connectivity index (χ0) is 14.3. The monoisotopic (exact) mass is 276 g/mol. The fourth-order valence-corrected chi connectivity index (χ4v) is 4.80. The molecule has 0 spiro atoms. The summed E-state index contributed by atoms with van der Waals surface area (Å²) in [6.07, 6.45) is 0. The maximum Gasteiger partial charge on any atom is 0.455 e. The van der Waals surface area contributed by atoms with Gasteiger partial charge in [0.05, 0.1) is 19.3 Å². The molecule has 2 nitrogen and oxygen atoms in total. The number of hydrogen-bond donors (Lipinski definition) is 0. The van der Waals surface area contributed by atoms with Crippen molar-refractivity contribution < 1.29 is 9.31 Å². The van der Waals surface area contributed by atoms with Gasteiger partial charge in [0.1, 0.15) is 0 Å². The van der Waals surface area contributed by atoms with Crippen molar-refractivity contribution in [1.82, 2.24) is 0 Å². The van der Waals surface area contributed by atoms with E-state index in [9.17, 15) is 0 Å². The van der Waals surface area contributed by atoms with Crippen LogP contribution in [0, 0.1) is 0 Å². The highest BCUT2D eigenvalue weighted by molar-refractivity contribution is 6.95. The van der Waals surface area contributed by atoms with E-state index in [1.165, 1.54) is 5.19 Å². The highest BCUT2D eigenvalue weighted by atomic mass is 28.3. The lowest BCUT2D eigenvalue weighted by atomic mass is 9.90. The Bertz CT molecular complexity index is 427. The van der Waals surface area contributed by atoms with Gasteiger partial charge in [-0.25, -0.2) is 0 Å². The summed E-state index contributed by atoms with van der Waals surface area (Å²) in [6, 6.07) is 10.8. The maximum atomic E-state index is 6.13. The molecular weight excluding hydrogens is 251 g/mol. The summed E-state index contributed by atoms with van der Waals surface area (Å²) in [4.78, 5) is 0. The van der Waals surface area contributed by atoms with Crippen LogP contribution in [0.4, 0.5) is 0 Å². The van der Waals surface area contributed by atoms with Crippen molar-refractivity contribution in [3.05, 3.63) is 30.3 Å². The first-order chi connectivity index (χ1) is 8.64. The van der Waals surface area contributed by atoms with Gasteiger partial charge in [-0.05, 0) is 33.6 Å². The van der Waals surface area contributed by atoms with Gasteiger partial charge < -0.3 is 9.31 Å². The van der Waals surface area contributed by atoms with E-state index in [0.29, 0.717) is 0 Å². The Morgan fingerprint density at radius 1 is 0.947 bits per heavy atom. The molecule has 1 aliphatic heterocycles. The third-order valence-corrected chi connectivity index (χ3v) is 7.78. The zero-order valence-electron chi connectivity index (χ0n) is 13.0. The Morgan fingerprint density at radius 2 is 1.42 bits per heavy atom. The molecule has 4 heteroatoms. The first-order valence-electron chi connectivity index (χ1n) is 7.05. The van der Waals surface area contributed by atoms with Crippen molar-refractivity contribution >= 4 is 20.4 Å². The molecule has 0 amide bonds. The molecule has 1 aromatic carbocycles. The van der Waals surface area contributed by atoms with Crippen molar-refractivity contribution in [2.24, 2.45) is 0 Å². The summed E-state index contributed by atoms with van der Waals surface area (Å²) in [5.41, 5.74) is -0.447. The van der Waals surface area contributed by atoms with E-state index in [-0.39, 0.29) is 18.3 Å². The van der Waals surface area contributed by atoms with Gasteiger partial charge in [0.15, 0.2) is 0 Å². The van der Waals surface area contributed by atoms with Crippen LogP contribution in [0.1, 0.15) is 27.7 Å². The maximum absolute atomic E-state index is 6.13. The number of hydrogen-bond acceptors (Lipinski definition) is 2. The van der Waals surface area contributed by atoms with E-state index in [2.05, 4.69) is 71.1 Å². The van der Waals surface area contributed by atoms with Gasteiger partial charge in [-0.15, -0.1) is 0 Å². The largest absolute Gasteiger partial charge is 0.455 e. The van der Waals surface area contributed by atoms with E-state index >= 15 is 0 Å².